The van der Waals surface area contributed by atoms with Gasteiger partial charge in [-0.25, -0.2) is 0 Å². The van der Waals surface area contributed by atoms with Crippen molar-refractivity contribution in [2.24, 2.45) is 0 Å². The molecule has 27 heavy (non-hydrogen) atoms. The molecule has 140 valence electrons. The van der Waals surface area contributed by atoms with Crippen molar-refractivity contribution in [2.45, 2.75) is 26.3 Å². The SMILES string of the molecule is Cc1nnc2sc(C(=O)NC3CCN(c4ccccc4Cl)C3)c(N)c2c1C. The third kappa shape index (κ3) is 3.21. The zero-order chi connectivity index (χ0) is 19.1. The van der Waals surface area contributed by atoms with Crippen LogP contribution >= 0.6 is 22.9 Å². The van der Waals surface area contributed by atoms with E-state index in [-0.39, 0.29) is 11.9 Å². The molecule has 4 rings (SSSR count). The minimum absolute atomic E-state index is 0.0484. The van der Waals surface area contributed by atoms with E-state index in [2.05, 4.69) is 20.4 Å². The van der Waals surface area contributed by atoms with Crippen molar-refractivity contribution in [1.82, 2.24) is 15.5 Å². The number of hydrogen-bond donors (Lipinski definition) is 2. The van der Waals surface area contributed by atoms with Crippen molar-refractivity contribution < 1.29 is 4.79 Å². The molecule has 0 radical (unpaired) electrons. The summed E-state index contributed by atoms with van der Waals surface area (Å²) in [7, 11) is 0. The Labute approximate surface area is 166 Å². The fraction of sp³-hybridized carbons (Fsp3) is 0.316. The average Bonchev–Trinajstić information content (AvgIpc) is 3.23. The smallest absolute Gasteiger partial charge is 0.263 e. The van der Waals surface area contributed by atoms with Gasteiger partial charge in [-0.3, -0.25) is 4.79 Å². The zero-order valence-corrected chi connectivity index (χ0v) is 16.7. The maximum Gasteiger partial charge on any atom is 0.263 e. The number of carbonyl (C=O) groups excluding carboxylic acids is 1. The lowest BCUT2D eigenvalue weighted by Gasteiger charge is -2.20. The molecule has 6 nitrogen and oxygen atoms in total. The number of halogens is 1. The van der Waals surface area contributed by atoms with Gasteiger partial charge >= 0.3 is 0 Å². The molecule has 8 heteroatoms. The highest BCUT2D eigenvalue weighted by Crippen LogP contribution is 2.35. The molecule has 1 aliphatic heterocycles. The summed E-state index contributed by atoms with van der Waals surface area (Å²) >= 11 is 7.58. The lowest BCUT2D eigenvalue weighted by atomic mass is 10.1. The Morgan fingerprint density at radius 3 is 2.89 bits per heavy atom. The molecule has 1 amide bonds. The first-order valence-electron chi connectivity index (χ1n) is 8.78. The molecule has 1 atom stereocenters. The number of benzene rings is 1. The molecule has 3 aromatic rings. The first kappa shape index (κ1) is 18.0. The number of rotatable bonds is 3. The largest absolute Gasteiger partial charge is 0.397 e. The Morgan fingerprint density at radius 2 is 2.11 bits per heavy atom. The summed E-state index contributed by atoms with van der Waals surface area (Å²) < 4.78 is 0. The van der Waals surface area contributed by atoms with Crippen LogP contribution in [-0.2, 0) is 0 Å². The van der Waals surface area contributed by atoms with Crippen LogP contribution in [-0.4, -0.2) is 35.2 Å². The van der Waals surface area contributed by atoms with Crippen LogP contribution in [0.3, 0.4) is 0 Å². The number of nitrogens with zero attached hydrogens (tertiary/aromatic N) is 3. The van der Waals surface area contributed by atoms with Crippen LogP contribution in [0.15, 0.2) is 24.3 Å². The highest BCUT2D eigenvalue weighted by atomic mass is 35.5. The fourth-order valence-corrected chi connectivity index (χ4v) is 4.72. The number of nitrogens with one attached hydrogen (secondary N) is 1. The van der Waals surface area contributed by atoms with Crippen LogP contribution in [0.5, 0.6) is 0 Å². The van der Waals surface area contributed by atoms with Crippen molar-refractivity contribution in [2.75, 3.05) is 23.7 Å². The van der Waals surface area contributed by atoms with E-state index in [0.717, 1.165) is 46.9 Å². The normalized spacial score (nSPS) is 16.9. The van der Waals surface area contributed by atoms with E-state index in [1.165, 1.54) is 11.3 Å². The van der Waals surface area contributed by atoms with Gasteiger partial charge in [-0.05, 0) is 38.0 Å². The third-order valence-electron chi connectivity index (χ3n) is 5.06. The zero-order valence-electron chi connectivity index (χ0n) is 15.1. The third-order valence-corrected chi connectivity index (χ3v) is 6.47. The van der Waals surface area contributed by atoms with Crippen LogP contribution in [0, 0.1) is 13.8 Å². The monoisotopic (exact) mass is 401 g/mol. The van der Waals surface area contributed by atoms with Crippen molar-refractivity contribution >= 4 is 50.4 Å². The summed E-state index contributed by atoms with van der Waals surface area (Å²) in [5.41, 5.74) is 9.56. The predicted octanol–water partition coefficient (Wildman–Crippen LogP) is 3.55. The van der Waals surface area contributed by atoms with E-state index in [1.54, 1.807) is 0 Å². The van der Waals surface area contributed by atoms with Gasteiger partial charge in [0.25, 0.3) is 5.91 Å². The molecule has 1 unspecified atom stereocenters. The quantitative estimate of drug-likeness (QED) is 0.701. The van der Waals surface area contributed by atoms with Gasteiger partial charge in [0, 0.05) is 24.5 Å². The minimum Gasteiger partial charge on any atom is -0.397 e. The number of aryl methyl sites for hydroxylation is 2. The van der Waals surface area contributed by atoms with Gasteiger partial charge in [0.05, 0.1) is 22.1 Å². The summed E-state index contributed by atoms with van der Waals surface area (Å²) in [6.07, 6.45) is 0.861. The highest BCUT2D eigenvalue weighted by molar-refractivity contribution is 7.21. The number of amides is 1. The number of hydrogen-bond acceptors (Lipinski definition) is 6. The maximum atomic E-state index is 12.8. The van der Waals surface area contributed by atoms with Crippen molar-refractivity contribution in [3.8, 4) is 0 Å². The fourth-order valence-electron chi connectivity index (χ4n) is 3.47. The number of carbonyl (C=O) groups is 1. The van der Waals surface area contributed by atoms with Crippen LogP contribution in [0.2, 0.25) is 5.02 Å². The lowest BCUT2D eigenvalue weighted by Crippen LogP contribution is -2.37. The molecular formula is C19H20ClN5OS. The number of nitrogen functional groups attached to an aromatic ring is 1. The van der Waals surface area contributed by atoms with E-state index in [0.29, 0.717) is 15.4 Å². The average molecular weight is 402 g/mol. The predicted molar refractivity (Wildman–Crippen MR) is 111 cm³/mol. The Morgan fingerprint density at radius 1 is 1.33 bits per heavy atom. The van der Waals surface area contributed by atoms with E-state index in [1.807, 2.05) is 38.1 Å². The van der Waals surface area contributed by atoms with Crippen molar-refractivity contribution in [3.63, 3.8) is 0 Å². The molecule has 1 saturated heterocycles. The van der Waals surface area contributed by atoms with Crippen LogP contribution < -0.4 is 16.0 Å². The van der Waals surface area contributed by atoms with E-state index in [9.17, 15) is 4.79 Å². The van der Waals surface area contributed by atoms with Gasteiger partial charge in [-0.2, -0.15) is 5.10 Å². The molecule has 1 fully saturated rings. The molecule has 3 heterocycles. The number of para-hydroxylation sites is 1. The lowest BCUT2D eigenvalue weighted by molar-refractivity contribution is 0.0945. The Hall–Kier alpha value is -2.38. The van der Waals surface area contributed by atoms with Gasteiger partial charge in [0.1, 0.15) is 9.71 Å². The summed E-state index contributed by atoms with van der Waals surface area (Å²) in [5.74, 6) is -0.154. The molecule has 0 saturated carbocycles. The number of fused-ring (bicyclic) bond motifs is 1. The van der Waals surface area contributed by atoms with E-state index >= 15 is 0 Å². The summed E-state index contributed by atoms with van der Waals surface area (Å²) in [6, 6.07) is 7.81. The highest BCUT2D eigenvalue weighted by Gasteiger charge is 2.27. The molecule has 2 aromatic heterocycles. The molecule has 1 aliphatic rings. The Bertz CT molecular complexity index is 1030. The molecule has 0 aliphatic carbocycles. The standard InChI is InChI=1S/C19H20ClN5OS/c1-10-11(2)23-24-19-15(10)16(21)17(27-19)18(26)22-12-7-8-25(9-12)14-6-4-3-5-13(14)20/h3-6,12H,7-9,21H2,1-2H3,(H,22,26). The van der Waals surface area contributed by atoms with Crippen LogP contribution in [0.25, 0.3) is 10.2 Å². The van der Waals surface area contributed by atoms with E-state index in [4.69, 9.17) is 17.3 Å². The van der Waals surface area contributed by atoms with Crippen molar-refractivity contribution in [3.05, 3.63) is 45.4 Å². The number of aromatic nitrogens is 2. The first-order chi connectivity index (χ1) is 13.0. The Balaban J connectivity index is 1.52. The number of anilines is 2. The van der Waals surface area contributed by atoms with Gasteiger partial charge in [0.15, 0.2) is 0 Å². The second-order valence-electron chi connectivity index (χ2n) is 6.79. The second-order valence-corrected chi connectivity index (χ2v) is 8.20. The number of thiophene rings is 1. The van der Waals surface area contributed by atoms with Crippen molar-refractivity contribution in [1.29, 1.82) is 0 Å². The second kappa shape index (κ2) is 6.98. The summed E-state index contributed by atoms with van der Waals surface area (Å²) in [5, 5.41) is 13.0. The summed E-state index contributed by atoms with van der Waals surface area (Å²) in [4.78, 5) is 16.2. The maximum absolute atomic E-state index is 12.8. The Kier molecular flexibility index (Phi) is 4.65. The molecule has 0 bridgehead atoms. The summed E-state index contributed by atoms with van der Waals surface area (Å²) in [6.45, 7) is 5.41. The number of nitrogens with two attached hydrogens (primary N) is 1. The molecule has 0 spiro atoms. The molecular weight excluding hydrogens is 382 g/mol. The minimum atomic E-state index is -0.154. The van der Waals surface area contributed by atoms with Gasteiger partial charge < -0.3 is 16.0 Å². The molecule has 1 aromatic carbocycles. The van der Waals surface area contributed by atoms with E-state index < -0.39 is 0 Å². The van der Waals surface area contributed by atoms with Gasteiger partial charge in [0.2, 0.25) is 0 Å². The van der Waals surface area contributed by atoms with Gasteiger partial charge in [-0.15, -0.1) is 16.4 Å². The van der Waals surface area contributed by atoms with Crippen LogP contribution in [0.4, 0.5) is 11.4 Å². The van der Waals surface area contributed by atoms with Gasteiger partial charge in [-0.1, -0.05) is 23.7 Å². The topological polar surface area (TPSA) is 84.1 Å². The molecule has 3 N–H and O–H groups in total. The van der Waals surface area contributed by atoms with Crippen LogP contribution in [0.1, 0.15) is 27.3 Å². The first-order valence-corrected chi connectivity index (χ1v) is 9.97.